The average Bonchev–Trinajstić information content (AvgIpc) is 2.75. The maximum absolute atomic E-state index is 13.5. The van der Waals surface area contributed by atoms with E-state index in [9.17, 15) is 14.0 Å². The molecule has 1 fully saturated rings. The molecule has 2 aromatic carbocycles. The number of nitrogens with one attached hydrogen (secondary N) is 1. The Morgan fingerprint density at radius 3 is 2.38 bits per heavy atom. The molecule has 7 heteroatoms. The van der Waals surface area contributed by atoms with Gasteiger partial charge in [-0.3, -0.25) is 9.69 Å². The molecule has 4 rings (SSSR count). The summed E-state index contributed by atoms with van der Waals surface area (Å²) >= 11 is 0. The number of carbonyl (C=O) groups excluding carboxylic acids is 2. The van der Waals surface area contributed by atoms with Gasteiger partial charge in [0.25, 0.3) is 5.91 Å². The second kappa shape index (κ2) is 8.05. The molecule has 29 heavy (non-hydrogen) atoms. The van der Waals surface area contributed by atoms with Gasteiger partial charge in [-0.2, -0.15) is 0 Å². The molecule has 1 saturated heterocycles. The smallest absolute Gasteiger partial charge is 0.326 e. The van der Waals surface area contributed by atoms with E-state index in [1.807, 2.05) is 30.3 Å². The van der Waals surface area contributed by atoms with Crippen LogP contribution < -0.4 is 10.2 Å². The molecule has 2 heterocycles. The van der Waals surface area contributed by atoms with Gasteiger partial charge in [-0.05, 0) is 36.8 Å². The van der Waals surface area contributed by atoms with Crippen LogP contribution >= 0.6 is 0 Å². The Morgan fingerprint density at radius 1 is 1.07 bits per heavy atom. The lowest BCUT2D eigenvalue weighted by molar-refractivity contribution is -0.131. The SMILES string of the molecule is CC1=C(C(=O)N2CCOCC2)[C@@H](c2ccc(F)cc2)NC(=O)N1c1ccccc1. The number of amides is 3. The largest absolute Gasteiger partial charge is 0.378 e. The van der Waals surface area contributed by atoms with Crippen LogP contribution in [0.2, 0.25) is 0 Å². The maximum atomic E-state index is 13.5. The van der Waals surface area contributed by atoms with Gasteiger partial charge in [0.15, 0.2) is 0 Å². The minimum absolute atomic E-state index is 0.152. The summed E-state index contributed by atoms with van der Waals surface area (Å²) in [4.78, 5) is 29.7. The van der Waals surface area contributed by atoms with Crippen LogP contribution in [0.3, 0.4) is 0 Å². The van der Waals surface area contributed by atoms with Crippen molar-refractivity contribution in [3.05, 3.63) is 77.2 Å². The highest BCUT2D eigenvalue weighted by atomic mass is 19.1. The van der Waals surface area contributed by atoms with Crippen LogP contribution in [-0.4, -0.2) is 43.1 Å². The first-order valence-electron chi connectivity index (χ1n) is 9.55. The Balaban J connectivity index is 1.80. The van der Waals surface area contributed by atoms with E-state index < -0.39 is 6.04 Å². The summed E-state index contributed by atoms with van der Waals surface area (Å²) < 4.78 is 18.8. The minimum atomic E-state index is -0.654. The lowest BCUT2D eigenvalue weighted by Crippen LogP contribution is -2.51. The van der Waals surface area contributed by atoms with Crippen LogP contribution in [-0.2, 0) is 9.53 Å². The maximum Gasteiger partial charge on any atom is 0.326 e. The highest BCUT2D eigenvalue weighted by molar-refractivity contribution is 6.04. The second-order valence-electron chi connectivity index (χ2n) is 7.01. The molecular formula is C22H22FN3O3. The highest BCUT2D eigenvalue weighted by Crippen LogP contribution is 2.34. The number of benzene rings is 2. The fourth-order valence-electron chi connectivity index (χ4n) is 3.75. The fourth-order valence-corrected chi connectivity index (χ4v) is 3.75. The van der Waals surface area contributed by atoms with E-state index in [1.165, 1.54) is 17.0 Å². The number of para-hydroxylation sites is 1. The third-order valence-electron chi connectivity index (χ3n) is 5.23. The van der Waals surface area contributed by atoms with Crippen molar-refractivity contribution in [3.63, 3.8) is 0 Å². The molecule has 2 aliphatic heterocycles. The minimum Gasteiger partial charge on any atom is -0.378 e. The third-order valence-corrected chi connectivity index (χ3v) is 5.23. The van der Waals surface area contributed by atoms with Gasteiger partial charge in [-0.15, -0.1) is 0 Å². The Bertz CT molecular complexity index is 938. The van der Waals surface area contributed by atoms with E-state index in [-0.39, 0.29) is 17.8 Å². The van der Waals surface area contributed by atoms with E-state index in [2.05, 4.69) is 5.32 Å². The van der Waals surface area contributed by atoms with E-state index in [0.717, 1.165) is 0 Å². The van der Waals surface area contributed by atoms with Gasteiger partial charge in [-0.25, -0.2) is 9.18 Å². The lowest BCUT2D eigenvalue weighted by atomic mass is 9.93. The molecule has 3 amide bonds. The Kier molecular flexibility index (Phi) is 5.31. The van der Waals surface area contributed by atoms with Gasteiger partial charge in [0.1, 0.15) is 5.82 Å². The third kappa shape index (κ3) is 3.73. The Morgan fingerprint density at radius 2 is 1.72 bits per heavy atom. The summed E-state index contributed by atoms with van der Waals surface area (Å²) in [5.74, 6) is -0.524. The number of urea groups is 1. The van der Waals surface area contributed by atoms with Crippen molar-refractivity contribution in [1.29, 1.82) is 0 Å². The standard InChI is InChI=1S/C22H22FN3O3/c1-15-19(21(27)25-11-13-29-14-12-25)20(16-7-9-17(23)10-8-16)24-22(28)26(15)18-5-3-2-4-6-18/h2-10,20H,11-14H2,1H3,(H,24,28)/t20-/m1/s1. The monoisotopic (exact) mass is 395 g/mol. The first-order valence-corrected chi connectivity index (χ1v) is 9.55. The van der Waals surface area contributed by atoms with Gasteiger partial charge in [-0.1, -0.05) is 30.3 Å². The predicted molar refractivity (Wildman–Crippen MR) is 107 cm³/mol. The Labute approximate surface area is 168 Å². The van der Waals surface area contributed by atoms with Crippen molar-refractivity contribution < 1.29 is 18.7 Å². The summed E-state index contributed by atoms with van der Waals surface area (Å²) in [6, 6.07) is 14.0. The van der Waals surface area contributed by atoms with Crippen molar-refractivity contribution in [1.82, 2.24) is 10.2 Å². The summed E-state index contributed by atoms with van der Waals surface area (Å²) in [6.07, 6.45) is 0. The van der Waals surface area contributed by atoms with Gasteiger partial charge in [0, 0.05) is 18.8 Å². The molecule has 2 aromatic rings. The molecule has 6 nitrogen and oxygen atoms in total. The molecule has 0 aliphatic carbocycles. The number of hydrogen-bond acceptors (Lipinski definition) is 3. The second-order valence-corrected chi connectivity index (χ2v) is 7.01. The summed E-state index contributed by atoms with van der Waals surface area (Å²) in [5, 5.41) is 2.93. The van der Waals surface area contributed by atoms with Crippen LogP contribution in [0.5, 0.6) is 0 Å². The molecular weight excluding hydrogens is 373 g/mol. The zero-order valence-corrected chi connectivity index (χ0v) is 16.1. The number of hydrogen-bond donors (Lipinski definition) is 1. The fraction of sp³-hybridized carbons (Fsp3) is 0.273. The van der Waals surface area contributed by atoms with Crippen LogP contribution in [0.25, 0.3) is 0 Å². The highest BCUT2D eigenvalue weighted by Gasteiger charge is 2.38. The van der Waals surface area contributed by atoms with Gasteiger partial charge >= 0.3 is 6.03 Å². The van der Waals surface area contributed by atoms with E-state index in [1.54, 1.807) is 24.0 Å². The van der Waals surface area contributed by atoms with Crippen LogP contribution in [0.1, 0.15) is 18.5 Å². The van der Waals surface area contributed by atoms with Crippen molar-refractivity contribution >= 4 is 17.6 Å². The molecule has 0 spiro atoms. The molecule has 150 valence electrons. The van der Waals surface area contributed by atoms with Crippen molar-refractivity contribution in [2.24, 2.45) is 0 Å². The number of halogens is 1. The molecule has 0 bridgehead atoms. The van der Waals surface area contributed by atoms with Crippen molar-refractivity contribution in [2.75, 3.05) is 31.2 Å². The van der Waals surface area contributed by atoms with Gasteiger partial charge in [0.2, 0.25) is 0 Å². The number of nitrogens with zero attached hydrogens (tertiary/aromatic N) is 2. The van der Waals surface area contributed by atoms with Crippen LogP contribution in [0.4, 0.5) is 14.9 Å². The quantitative estimate of drug-likeness (QED) is 0.868. The van der Waals surface area contributed by atoms with Gasteiger partial charge < -0.3 is 15.0 Å². The van der Waals surface area contributed by atoms with E-state index >= 15 is 0 Å². The lowest BCUT2D eigenvalue weighted by Gasteiger charge is -2.38. The molecule has 2 aliphatic rings. The number of anilines is 1. The summed E-state index contributed by atoms with van der Waals surface area (Å²) in [7, 11) is 0. The number of carbonyl (C=O) groups is 2. The molecule has 0 aromatic heterocycles. The summed E-state index contributed by atoms with van der Waals surface area (Å²) in [5.41, 5.74) is 2.36. The van der Waals surface area contributed by atoms with Crippen molar-refractivity contribution in [2.45, 2.75) is 13.0 Å². The van der Waals surface area contributed by atoms with Crippen molar-refractivity contribution in [3.8, 4) is 0 Å². The zero-order valence-electron chi connectivity index (χ0n) is 16.1. The molecule has 0 saturated carbocycles. The first kappa shape index (κ1) is 19.1. The zero-order chi connectivity index (χ0) is 20.4. The normalized spacial score (nSPS) is 19.9. The first-order chi connectivity index (χ1) is 14.1. The number of morpholine rings is 1. The topological polar surface area (TPSA) is 61.9 Å². The molecule has 1 atom stereocenters. The number of rotatable bonds is 3. The van der Waals surface area contributed by atoms with Gasteiger partial charge in [0.05, 0.1) is 30.5 Å². The number of ether oxygens (including phenoxy) is 1. The van der Waals surface area contributed by atoms with E-state index in [0.29, 0.717) is 48.8 Å². The predicted octanol–water partition coefficient (Wildman–Crippen LogP) is 3.23. The molecule has 1 N–H and O–H groups in total. The molecule has 0 unspecified atom stereocenters. The number of allylic oxidation sites excluding steroid dienone is 1. The Hall–Kier alpha value is -3.19. The van der Waals surface area contributed by atoms with Crippen LogP contribution in [0, 0.1) is 5.82 Å². The molecule has 0 radical (unpaired) electrons. The average molecular weight is 395 g/mol. The van der Waals surface area contributed by atoms with Crippen LogP contribution in [0.15, 0.2) is 65.9 Å². The summed E-state index contributed by atoms with van der Waals surface area (Å²) in [6.45, 7) is 3.72. The van der Waals surface area contributed by atoms with E-state index in [4.69, 9.17) is 4.74 Å².